The van der Waals surface area contributed by atoms with Gasteiger partial charge in [0.25, 0.3) is 5.91 Å². The van der Waals surface area contributed by atoms with Crippen LogP contribution in [0.2, 0.25) is 0 Å². The van der Waals surface area contributed by atoms with Crippen molar-refractivity contribution < 1.29 is 9.53 Å². The van der Waals surface area contributed by atoms with Crippen molar-refractivity contribution in [3.8, 4) is 5.75 Å². The van der Waals surface area contributed by atoms with E-state index in [0.29, 0.717) is 5.75 Å². The van der Waals surface area contributed by atoms with Crippen molar-refractivity contribution >= 4 is 11.7 Å². The molecule has 0 atom stereocenters. The molecule has 0 bridgehead atoms. The van der Waals surface area contributed by atoms with Crippen molar-refractivity contribution in [2.45, 2.75) is 0 Å². The summed E-state index contributed by atoms with van der Waals surface area (Å²) in [5.74, 6) is 0.501. The van der Waals surface area contributed by atoms with Crippen molar-refractivity contribution in [2.24, 2.45) is 0 Å². The first-order valence-electron chi connectivity index (χ1n) is 3.78. The molecule has 5 nitrogen and oxygen atoms in total. The Balaban J connectivity index is 2.54. The molecular formula is C8H11N3O2. The van der Waals surface area contributed by atoms with E-state index in [4.69, 9.17) is 10.5 Å². The highest BCUT2D eigenvalue weighted by Gasteiger charge is 2.02. The first-order chi connectivity index (χ1) is 6.24. The largest absolute Gasteiger partial charge is 0.480 e. The van der Waals surface area contributed by atoms with Crippen molar-refractivity contribution in [1.82, 2.24) is 10.3 Å². The summed E-state index contributed by atoms with van der Waals surface area (Å²) in [6, 6.07) is 3.35. The fourth-order valence-electron chi connectivity index (χ4n) is 0.740. The molecule has 1 heterocycles. The van der Waals surface area contributed by atoms with Crippen LogP contribution in [0.3, 0.4) is 0 Å². The number of carbonyl (C=O) groups excluding carboxylic acids is 1. The Morgan fingerprint density at radius 1 is 1.77 bits per heavy atom. The van der Waals surface area contributed by atoms with E-state index in [2.05, 4.69) is 10.3 Å². The van der Waals surface area contributed by atoms with Crippen LogP contribution in [0.4, 0.5) is 5.82 Å². The molecule has 0 aliphatic heterocycles. The van der Waals surface area contributed by atoms with Gasteiger partial charge in [-0.25, -0.2) is 4.98 Å². The highest BCUT2D eigenvalue weighted by molar-refractivity contribution is 5.77. The number of hydrogen-bond donors (Lipinski definition) is 2. The number of nitrogen functional groups attached to an aromatic ring is 1. The number of aromatic nitrogens is 1. The average molecular weight is 181 g/mol. The molecule has 0 spiro atoms. The monoisotopic (exact) mass is 181 g/mol. The lowest BCUT2D eigenvalue weighted by Gasteiger charge is -2.05. The summed E-state index contributed by atoms with van der Waals surface area (Å²) >= 11 is 0. The molecule has 0 saturated carbocycles. The van der Waals surface area contributed by atoms with Gasteiger partial charge in [0, 0.05) is 13.2 Å². The van der Waals surface area contributed by atoms with Crippen LogP contribution in [0.5, 0.6) is 5.75 Å². The molecule has 1 rings (SSSR count). The standard InChI is InChI=1S/C8H11N3O2/c1-10-7(12)5-13-6-3-2-4-11-8(6)9/h2-4H,5H2,1H3,(H2,9,11)(H,10,12). The summed E-state index contributed by atoms with van der Waals surface area (Å²) in [6.45, 7) is -0.0492. The molecule has 0 radical (unpaired) electrons. The highest BCUT2D eigenvalue weighted by Crippen LogP contribution is 2.16. The summed E-state index contributed by atoms with van der Waals surface area (Å²) < 4.78 is 5.09. The summed E-state index contributed by atoms with van der Waals surface area (Å²) in [5.41, 5.74) is 5.48. The fraction of sp³-hybridized carbons (Fsp3) is 0.250. The second kappa shape index (κ2) is 4.30. The molecule has 0 fully saturated rings. The molecule has 3 N–H and O–H groups in total. The van der Waals surface area contributed by atoms with E-state index >= 15 is 0 Å². The van der Waals surface area contributed by atoms with Gasteiger partial charge < -0.3 is 15.8 Å². The Morgan fingerprint density at radius 3 is 3.15 bits per heavy atom. The number of likely N-dealkylation sites (N-methyl/N-ethyl adjacent to an activating group) is 1. The zero-order valence-corrected chi connectivity index (χ0v) is 7.28. The molecule has 0 saturated heterocycles. The molecular weight excluding hydrogens is 170 g/mol. The smallest absolute Gasteiger partial charge is 0.257 e. The number of amides is 1. The number of nitrogens with one attached hydrogen (secondary N) is 1. The van der Waals surface area contributed by atoms with E-state index in [9.17, 15) is 4.79 Å². The van der Waals surface area contributed by atoms with Crippen molar-refractivity contribution in [3.63, 3.8) is 0 Å². The van der Waals surface area contributed by atoms with E-state index in [1.54, 1.807) is 18.3 Å². The van der Waals surface area contributed by atoms with Crippen molar-refractivity contribution in [2.75, 3.05) is 19.4 Å². The van der Waals surface area contributed by atoms with Gasteiger partial charge in [-0.1, -0.05) is 0 Å². The molecule has 1 aromatic heterocycles. The van der Waals surface area contributed by atoms with Crippen molar-refractivity contribution in [3.05, 3.63) is 18.3 Å². The lowest BCUT2D eigenvalue weighted by Crippen LogP contribution is -2.25. The third-order valence-corrected chi connectivity index (χ3v) is 1.44. The maximum Gasteiger partial charge on any atom is 0.257 e. The normalized spacial score (nSPS) is 9.31. The maximum atomic E-state index is 10.8. The lowest BCUT2D eigenvalue weighted by atomic mass is 10.4. The number of rotatable bonds is 3. The number of carbonyl (C=O) groups is 1. The van der Waals surface area contributed by atoms with E-state index in [-0.39, 0.29) is 18.3 Å². The van der Waals surface area contributed by atoms with Crippen LogP contribution < -0.4 is 15.8 Å². The Bertz CT molecular complexity index is 301. The summed E-state index contributed by atoms with van der Waals surface area (Å²) in [7, 11) is 1.54. The molecule has 0 aliphatic carbocycles. The Kier molecular flexibility index (Phi) is 3.08. The quantitative estimate of drug-likeness (QED) is 0.676. The number of ether oxygens (including phenoxy) is 1. The number of nitrogens with two attached hydrogens (primary N) is 1. The SMILES string of the molecule is CNC(=O)COc1cccnc1N. The van der Waals surface area contributed by atoms with Crippen LogP contribution in [0.25, 0.3) is 0 Å². The van der Waals surface area contributed by atoms with E-state index < -0.39 is 0 Å². The first-order valence-corrected chi connectivity index (χ1v) is 3.78. The molecule has 0 aromatic carbocycles. The van der Waals surface area contributed by atoms with Crippen molar-refractivity contribution in [1.29, 1.82) is 0 Å². The minimum absolute atomic E-state index is 0.0492. The van der Waals surface area contributed by atoms with E-state index in [1.165, 1.54) is 7.05 Å². The zero-order valence-electron chi connectivity index (χ0n) is 7.28. The van der Waals surface area contributed by atoms with Crippen LogP contribution in [0.1, 0.15) is 0 Å². The number of pyridine rings is 1. The van der Waals surface area contributed by atoms with Gasteiger partial charge in [-0.05, 0) is 12.1 Å². The molecule has 13 heavy (non-hydrogen) atoms. The van der Waals surface area contributed by atoms with Gasteiger partial charge in [0.2, 0.25) is 0 Å². The zero-order chi connectivity index (χ0) is 9.68. The predicted molar refractivity (Wildman–Crippen MR) is 48.2 cm³/mol. The van der Waals surface area contributed by atoms with Gasteiger partial charge >= 0.3 is 0 Å². The maximum absolute atomic E-state index is 10.8. The summed E-state index contributed by atoms with van der Waals surface area (Å²) in [6.07, 6.45) is 1.56. The highest BCUT2D eigenvalue weighted by atomic mass is 16.5. The van der Waals surface area contributed by atoms with Crippen LogP contribution in [0, 0.1) is 0 Å². The molecule has 5 heteroatoms. The second-order valence-electron chi connectivity index (χ2n) is 2.35. The van der Waals surface area contributed by atoms with Crippen LogP contribution >= 0.6 is 0 Å². The summed E-state index contributed by atoms with van der Waals surface area (Å²) in [4.78, 5) is 14.6. The second-order valence-corrected chi connectivity index (χ2v) is 2.35. The molecule has 0 unspecified atom stereocenters. The van der Waals surface area contributed by atoms with Gasteiger partial charge in [-0.2, -0.15) is 0 Å². The first kappa shape index (κ1) is 9.31. The fourth-order valence-corrected chi connectivity index (χ4v) is 0.740. The minimum Gasteiger partial charge on any atom is -0.480 e. The van der Waals surface area contributed by atoms with Gasteiger partial charge in [-0.3, -0.25) is 4.79 Å². The lowest BCUT2D eigenvalue weighted by molar-refractivity contribution is -0.122. The molecule has 0 aliphatic rings. The third kappa shape index (κ3) is 2.62. The van der Waals surface area contributed by atoms with Gasteiger partial charge in [0.05, 0.1) is 0 Å². The summed E-state index contributed by atoms with van der Waals surface area (Å²) in [5, 5.41) is 2.43. The topological polar surface area (TPSA) is 77.2 Å². The van der Waals surface area contributed by atoms with E-state index in [1.807, 2.05) is 0 Å². The molecule has 70 valence electrons. The molecule has 1 aromatic rings. The average Bonchev–Trinajstić information content (AvgIpc) is 2.16. The van der Waals surface area contributed by atoms with Gasteiger partial charge in [0.1, 0.15) is 0 Å². The Hall–Kier alpha value is -1.78. The van der Waals surface area contributed by atoms with Gasteiger partial charge in [0.15, 0.2) is 18.2 Å². The Labute approximate surface area is 75.9 Å². The number of nitrogens with zero attached hydrogens (tertiary/aromatic N) is 1. The number of anilines is 1. The minimum atomic E-state index is -0.205. The number of hydrogen-bond acceptors (Lipinski definition) is 4. The van der Waals surface area contributed by atoms with Gasteiger partial charge in [-0.15, -0.1) is 0 Å². The molecule has 1 amide bonds. The Morgan fingerprint density at radius 2 is 2.54 bits per heavy atom. The van der Waals surface area contributed by atoms with Crippen LogP contribution in [0.15, 0.2) is 18.3 Å². The van der Waals surface area contributed by atoms with Crippen LogP contribution in [-0.4, -0.2) is 24.5 Å². The van der Waals surface area contributed by atoms with Crippen LogP contribution in [-0.2, 0) is 4.79 Å². The third-order valence-electron chi connectivity index (χ3n) is 1.44. The predicted octanol–water partition coefficient (Wildman–Crippen LogP) is -0.211. The van der Waals surface area contributed by atoms with E-state index in [0.717, 1.165) is 0 Å².